The van der Waals surface area contributed by atoms with Crippen LogP contribution in [-0.4, -0.2) is 72.4 Å². The first-order chi connectivity index (χ1) is 13.7. The number of rotatable bonds is 5. The van der Waals surface area contributed by atoms with Crippen LogP contribution in [0, 0.1) is 11.3 Å². The molecule has 2 fully saturated rings. The summed E-state index contributed by atoms with van der Waals surface area (Å²) >= 11 is 0. The van der Waals surface area contributed by atoms with Crippen LogP contribution in [0.4, 0.5) is 0 Å². The Morgan fingerprint density at radius 1 is 1.29 bits per heavy atom. The van der Waals surface area contributed by atoms with Crippen molar-refractivity contribution >= 4 is 11.5 Å². The molecule has 0 unspecified atom stereocenters. The van der Waals surface area contributed by atoms with Crippen molar-refractivity contribution in [1.82, 2.24) is 9.80 Å². The van der Waals surface area contributed by atoms with E-state index < -0.39 is 6.04 Å². The molecule has 0 spiro atoms. The molecule has 3 aliphatic rings. The summed E-state index contributed by atoms with van der Waals surface area (Å²) < 4.78 is 5.34. The van der Waals surface area contributed by atoms with Crippen LogP contribution in [0.2, 0.25) is 0 Å². The fourth-order valence-electron chi connectivity index (χ4n) is 4.75. The number of nitriles is 1. The number of amides is 1. The molecule has 1 N–H and O–H groups in total. The molecule has 2 heterocycles. The predicted molar refractivity (Wildman–Crippen MR) is 105 cm³/mol. The van der Waals surface area contributed by atoms with Crippen molar-refractivity contribution in [1.29, 1.82) is 5.26 Å². The molecule has 6 nitrogen and oxygen atoms in total. The topological polar surface area (TPSA) is 76.8 Å². The first-order valence-corrected chi connectivity index (χ1v) is 10.1. The van der Waals surface area contributed by atoms with Gasteiger partial charge in [-0.05, 0) is 36.0 Å². The molecule has 1 amide bonds. The van der Waals surface area contributed by atoms with Crippen LogP contribution in [0.5, 0.6) is 0 Å². The van der Waals surface area contributed by atoms with Crippen molar-refractivity contribution < 1.29 is 14.6 Å². The van der Waals surface area contributed by atoms with Crippen LogP contribution in [0.1, 0.15) is 36.3 Å². The smallest absolute Gasteiger partial charge is 0.238 e. The highest BCUT2D eigenvalue weighted by Crippen LogP contribution is 2.44. The Balaban J connectivity index is 1.56. The van der Waals surface area contributed by atoms with Gasteiger partial charge in [-0.2, -0.15) is 5.26 Å². The van der Waals surface area contributed by atoms with Gasteiger partial charge in [0.1, 0.15) is 6.04 Å². The third-order valence-electron chi connectivity index (χ3n) is 6.19. The third kappa shape index (κ3) is 3.46. The van der Waals surface area contributed by atoms with Gasteiger partial charge in [-0.1, -0.05) is 30.3 Å². The van der Waals surface area contributed by atoms with Crippen molar-refractivity contribution in [3.8, 4) is 6.07 Å². The highest BCUT2D eigenvalue weighted by Gasteiger charge is 2.52. The fraction of sp³-hybridized carbons (Fsp3) is 0.545. The molecule has 28 heavy (non-hydrogen) atoms. The minimum Gasteiger partial charge on any atom is -0.394 e. The van der Waals surface area contributed by atoms with E-state index in [1.54, 1.807) is 4.90 Å². The summed E-state index contributed by atoms with van der Waals surface area (Å²) in [5.74, 6) is -0.234. The molecular formula is C22H27N3O3. The molecule has 148 valence electrons. The lowest BCUT2D eigenvalue weighted by atomic mass is 9.73. The normalized spacial score (nSPS) is 27.8. The first kappa shape index (κ1) is 19.1. The minimum atomic E-state index is -0.533. The number of nitrogens with zero attached hydrogens (tertiary/aromatic N) is 3. The van der Waals surface area contributed by atoms with Gasteiger partial charge in [0.05, 0.1) is 38.5 Å². The van der Waals surface area contributed by atoms with Gasteiger partial charge in [0.15, 0.2) is 0 Å². The predicted octanol–water partition coefficient (Wildman–Crippen LogP) is 1.76. The lowest BCUT2D eigenvalue weighted by molar-refractivity contribution is -0.149. The summed E-state index contributed by atoms with van der Waals surface area (Å²) in [6.45, 7) is 2.84. The van der Waals surface area contributed by atoms with E-state index in [1.807, 2.05) is 12.1 Å². The van der Waals surface area contributed by atoms with E-state index >= 15 is 0 Å². The maximum Gasteiger partial charge on any atom is 0.238 e. The Morgan fingerprint density at radius 2 is 2.07 bits per heavy atom. The second-order valence-corrected chi connectivity index (χ2v) is 7.75. The lowest BCUT2D eigenvalue weighted by Gasteiger charge is -2.52. The molecule has 1 aromatic carbocycles. The number of allylic oxidation sites excluding steroid dienone is 2. The van der Waals surface area contributed by atoms with E-state index in [1.165, 1.54) is 11.1 Å². The van der Waals surface area contributed by atoms with E-state index in [9.17, 15) is 15.2 Å². The van der Waals surface area contributed by atoms with Gasteiger partial charge in [-0.3, -0.25) is 9.69 Å². The van der Waals surface area contributed by atoms with E-state index in [-0.39, 0.29) is 31.0 Å². The summed E-state index contributed by atoms with van der Waals surface area (Å²) in [6.07, 6.45) is 5.56. The van der Waals surface area contributed by atoms with Gasteiger partial charge in [0.2, 0.25) is 5.91 Å². The zero-order chi connectivity index (χ0) is 19.5. The molecule has 2 saturated heterocycles. The second-order valence-electron chi connectivity index (χ2n) is 7.75. The van der Waals surface area contributed by atoms with Gasteiger partial charge < -0.3 is 14.7 Å². The number of aliphatic hydroxyl groups excluding tert-OH is 1. The van der Waals surface area contributed by atoms with E-state index in [0.717, 1.165) is 37.9 Å². The van der Waals surface area contributed by atoms with Crippen LogP contribution in [0.15, 0.2) is 30.3 Å². The number of morpholine rings is 1. The standard InChI is InChI=1S/C22H27N3O3/c23-13-19-22(18-8-4-3-7-17(18)16-5-1-2-6-16)20(15-26)25(19)21(27)14-24-9-11-28-12-10-24/h3-5,7-8,19-20,22,26H,1-2,6,9-12,14-15H2/t19-,20-,22+/m0/s1. The first-order valence-electron chi connectivity index (χ1n) is 10.1. The van der Waals surface area contributed by atoms with Crippen LogP contribution < -0.4 is 0 Å². The monoisotopic (exact) mass is 381 g/mol. The Kier molecular flexibility index (Phi) is 5.77. The highest BCUT2D eigenvalue weighted by atomic mass is 16.5. The van der Waals surface area contributed by atoms with Gasteiger partial charge in [0, 0.05) is 19.0 Å². The van der Waals surface area contributed by atoms with Crippen molar-refractivity contribution in [3.05, 3.63) is 41.5 Å². The summed E-state index contributed by atoms with van der Waals surface area (Å²) in [7, 11) is 0. The molecule has 1 aliphatic carbocycles. The number of benzene rings is 1. The Labute approximate surface area is 166 Å². The van der Waals surface area contributed by atoms with Crippen molar-refractivity contribution in [2.45, 2.75) is 37.3 Å². The van der Waals surface area contributed by atoms with Gasteiger partial charge in [0.25, 0.3) is 0 Å². The number of carbonyl (C=O) groups excluding carboxylic acids is 1. The van der Waals surface area contributed by atoms with E-state index in [2.05, 4.69) is 29.2 Å². The number of aliphatic hydroxyl groups is 1. The zero-order valence-corrected chi connectivity index (χ0v) is 16.1. The molecule has 6 heteroatoms. The average Bonchev–Trinajstić information content (AvgIpc) is 3.24. The van der Waals surface area contributed by atoms with Crippen LogP contribution in [0.25, 0.3) is 5.57 Å². The van der Waals surface area contributed by atoms with Crippen molar-refractivity contribution in [2.24, 2.45) is 0 Å². The van der Waals surface area contributed by atoms with E-state index in [4.69, 9.17) is 4.74 Å². The van der Waals surface area contributed by atoms with Crippen LogP contribution in [0.3, 0.4) is 0 Å². The summed E-state index contributed by atoms with van der Waals surface area (Å²) in [5.41, 5.74) is 3.57. The van der Waals surface area contributed by atoms with E-state index in [0.29, 0.717) is 13.2 Å². The SMILES string of the molecule is N#C[C@H]1[C@@H](c2ccccc2C2=CCCC2)[C@H](CO)N1C(=O)CN1CCOCC1. The summed E-state index contributed by atoms with van der Waals surface area (Å²) in [5, 5.41) is 19.9. The molecule has 0 radical (unpaired) electrons. The zero-order valence-electron chi connectivity index (χ0n) is 16.1. The summed E-state index contributed by atoms with van der Waals surface area (Å²) in [4.78, 5) is 16.6. The van der Waals surface area contributed by atoms with Crippen molar-refractivity contribution in [3.63, 3.8) is 0 Å². The Morgan fingerprint density at radius 3 is 2.75 bits per heavy atom. The molecular weight excluding hydrogens is 354 g/mol. The van der Waals surface area contributed by atoms with Gasteiger partial charge >= 0.3 is 0 Å². The highest BCUT2D eigenvalue weighted by molar-refractivity contribution is 5.81. The number of carbonyl (C=O) groups is 1. The summed E-state index contributed by atoms with van der Waals surface area (Å²) in [6, 6.07) is 9.61. The lowest BCUT2D eigenvalue weighted by Crippen LogP contribution is -2.66. The second kappa shape index (κ2) is 8.44. The Hall–Kier alpha value is -2.20. The number of likely N-dealkylation sites (tertiary alicyclic amines) is 1. The molecule has 0 bridgehead atoms. The number of hydrogen-bond acceptors (Lipinski definition) is 5. The maximum absolute atomic E-state index is 12.9. The molecule has 3 atom stereocenters. The molecule has 1 aromatic rings. The fourth-order valence-corrected chi connectivity index (χ4v) is 4.75. The van der Waals surface area contributed by atoms with Crippen LogP contribution >= 0.6 is 0 Å². The third-order valence-corrected chi connectivity index (χ3v) is 6.19. The quantitative estimate of drug-likeness (QED) is 0.841. The molecule has 2 aliphatic heterocycles. The minimum absolute atomic E-state index is 0.0821. The molecule has 0 aromatic heterocycles. The Bertz CT molecular complexity index is 794. The number of ether oxygens (including phenoxy) is 1. The van der Waals surface area contributed by atoms with Crippen molar-refractivity contribution in [2.75, 3.05) is 39.5 Å². The maximum atomic E-state index is 12.9. The largest absolute Gasteiger partial charge is 0.394 e. The van der Waals surface area contributed by atoms with Crippen LogP contribution in [-0.2, 0) is 9.53 Å². The molecule has 4 rings (SSSR count). The van der Waals surface area contributed by atoms with Gasteiger partial charge in [-0.25, -0.2) is 0 Å². The number of hydrogen-bond donors (Lipinski definition) is 1. The average molecular weight is 381 g/mol. The molecule has 0 saturated carbocycles. The van der Waals surface area contributed by atoms with Gasteiger partial charge in [-0.15, -0.1) is 0 Å².